The van der Waals surface area contributed by atoms with Crippen molar-refractivity contribution in [2.75, 3.05) is 0 Å². The molecule has 0 aliphatic rings. The van der Waals surface area contributed by atoms with Crippen molar-refractivity contribution in [2.45, 2.75) is 19.9 Å². The molecule has 0 aliphatic heterocycles. The third kappa shape index (κ3) is 3.20. The number of benzene rings is 2. The average molecular weight is 334 g/mol. The Morgan fingerprint density at radius 1 is 1.20 bits per heavy atom. The van der Waals surface area contributed by atoms with Gasteiger partial charge in [0.1, 0.15) is 5.75 Å². The minimum atomic E-state index is -0.276. The van der Waals surface area contributed by atoms with E-state index < -0.39 is 0 Å². The average Bonchev–Trinajstić information content (AvgIpc) is 2.42. The minimum Gasteiger partial charge on any atom is -0.507 e. The summed E-state index contributed by atoms with van der Waals surface area (Å²) < 4.78 is 0.996. The number of aryl methyl sites for hydroxylation is 1. The molecule has 1 amide bonds. The molecule has 104 valence electrons. The molecule has 0 radical (unpaired) electrons. The number of carbonyl (C=O) groups excluding carboxylic acids is 1. The molecule has 0 saturated heterocycles. The van der Waals surface area contributed by atoms with Gasteiger partial charge < -0.3 is 10.4 Å². The van der Waals surface area contributed by atoms with Crippen molar-refractivity contribution in [3.05, 3.63) is 63.6 Å². The van der Waals surface area contributed by atoms with Crippen molar-refractivity contribution < 1.29 is 9.90 Å². The molecule has 2 rings (SSSR count). The fourth-order valence-electron chi connectivity index (χ4n) is 1.95. The van der Waals surface area contributed by atoms with Gasteiger partial charge in [-0.3, -0.25) is 4.79 Å². The molecule has 0 aliphatic carbocycles. The van der Waals surface area contributed by atoms with Crippen LogP contribution >= 0.6 is 15.9 Å². The van der Waals surface area contributed by atoms with E-state index in [1.165, 1.54) is 0 Å². The van der Waals surface area contributed by atoms with Crippen molar-refractivity contribution in [2.24, 2.45) is 0 Å². The number of aromatic hydroxyl groups is 1. The quantitative estimate of drug-likeness (QED) is 0.893. The van der Waals surface area contributed by atoms with Gasteiger partial charge in [0, 0.05) is 4.47 Å². The van der Waals surface area contributed by atoms with Crippen LogP contribution in [0, 0.1) is 6.92 Å². The van der Waals surface area contributed by atoms with E-state index in [4.69, 9.17) is 0 Å². The number of amides is 1. The first kappa shape index (κ1) is 14.6. The Labute approximate surface area is 126 Å². The number of halogens is 1. The summed E-state index contributed by atoms with van der Waals surface area (Å²) >= 11 is 3.38. The van der Waals surface area contributed by atoms with Gasteiger partial charge in [0.2, 0.25) is 0 Å². The zero-order valence-corrected chi connectivity index (χ0v) is 12.9. The molecule has 2 N–H and O–H groups in total. The summed E-state index contributed by atoms with van der Waals surface area (Å²) in [5.41, 5.74) is 2.00. The summed E-state index contributed by atoms with van der Waals surface area (Å²) in [4.78, 5) is 12.2. The Morgan fingerprint density at radius 3 is 2.50 bits per heavy atom. The highest BCUT2D eigenvalue weighted by molar-refractivity contribution is 9.10. The molecule has 0 heterocycles. The Bertz CT molecular complexity index is 623. The minimum absolute atomic E-state index is 0.0352. The zero-order valence-electron chi connectivity index (χ0n) is 11.4. The van der Waals surface area contributed by atoms with Crippen LogP contribution in [0.25, 0.3) is 0 Å². The fourth-order valence-corrected chi connectivity index (χ4v) is 2.22. The number of hydrogen-bond donors (Lipinski definition) is 2. The number of para-hydroxylation sites is 1. The molecule has 1 unspecified atom stereocenters. The van der Waals surface area contributed by atoms with Crippen LogP contribution in [0.15, 0.2) is 46.9 Å². The lowest BCUT2D eigenvalue weighted by Gasteiger charge is -2.15. The van der Waals surface area contributed by atoms with Gasteiger partial charge in [-0.2, -0.15) is 0 Å². The van der Waals surface area contributed by atoms with Crippen LogP contribution < -0.4 is 5.32 Å². The van der Waals surface area contributed by atoms with Gasteiger partial charge in [-0.15, -0.1) is 0 Å². The lowest BCUT2D eigenvalue weighted by Crippen LogP contribution is -2.26. The van der Waals surface area contributed by atoms with Crippen LogP contribution in [0.2, 0.25) is 0 Å². The van der Waals surface area contributed by atoms with Gasteiger partial charge in [0.25, 0.3) is 5.91 Å². The first-order valence-electron chi connectivity index (χ1n) is 6.34. The maximum absolute atomic E-state index is 12.2. The fraction of sp³-hybridized carbons (Fsp3) is 0.188. The first-order chi connectivity index (χ1) is 9.49. The van der Waals surface area contributed by atoms with Crippen LogP contribution in [-0.4, -0.2) is 11.0 Å². The van der Waals surface area contributed by atoms with E-state index in [1.54, 1.807) is 25.1 Å². The second-order valence-corrected chi connectivity index (χ2v) is 5.63. The lowest BCUT2D eigenvalue weighted by atomic mass is 10.1. The van der Waals surface area contributed by atoms with E-state index in [1.807, 2.05) is 31.2 Å². The maximum atomic E-state index is 12.2. The number of nitrogens with one attached hydrogen (secondary N) is 1. The van der Waals surface area contributed by atoms with Crippen molar-refractivity contribution in [1.29, 1.82) is 0 Å². The predicted octanol–water partition coefficient (Wildman–Crippen LogP) is 3.95. The van der Waals surface area contributed by atoms with Crippen molar-refractivity contribution in [3.8, 4) is 5.75 Å². The molecule has 2 aromatic carbocycles. The van der Waals surface area contributed by atoms with Crippen LogP contribution in [0.1, 0.15) is 34.5 Å². The van der Waals surface area contributed by atoms with E-state index in [9.17, 15) is 9.90 Å². The lowest BCUT2D eigenvalue weighted by molar-refractivity contribution is 0.0937. The van der Waals surface area contributed by atoms with Gasteiger partial charge in [0.05, 0.1) is 11.6 Å². The molecule has 2 aromatic rings. The van der Waals surface area contributed by atoms with Crippen LogP contribution in [0.3, 0.4) is 0 Å². The van der Waals surface area contributed by atoms with Crippen LogP contribution in [0.4, 0.5) is 0 Å². The Balaban J connectivity index is 2.15. The van der Waals surface area contributed by atoms with Gasteiger partial charge >= 0.3 is 0 Å². The summed E-state index contributed by atoms with van der Waals surface area (Å²) in [6, 6.07) is 12.8. The molecule has 0 fully saturated rings. The molecule has 0 saturated carbocycles. The summed E-state index contributed by atoms with van der Waals surface area (Å²) in [5.74, 6) is -0.241. The normalized spacial score (nSPS) is 11.9. The van der Waals surface area contributed by atoms with E-state index in [2.05, 4.69) is 21.2 Å². The second-order valence-electron chi connectivity index (χ2n) is 4.72. The van der Waals surface area contributed by atoms with Gasteiger partial charge in [-0.25, -0.2) is 0 Å². The summed E-state index contributed by atoms with van der Waals surface area (Å²) in [7, 11) is 0. The summed E-state index contributed by atoms with van der Waals surface area (Å²) in [5, 5.41) is 12.8. The van der Waals surface area contributed by atoms with Crippen molar-refractivity contribution in [3.63, 3.8) is 0 Å². The number of hydrogen-bond acceptors (Lipinski definition) is 2. The van der Waals surface area contributed by atoms with Gasteiger partial charge in [-0.1, -0.05) is 40.2 Å². The standard InChI is InChI=1S/C16H16BrNO2/c1-10-4-3-5-14(15(10)19)16(20)18-11(2)12-6-8-13(17)9-7-12/h3-9,11,19H,1-2H3,(H,18,20). The molecular formula is C16H16BrNO2. The molecule has 1 atom stereocenters. The Morgan fingerprint density at radius 2 is 1.85 bits per heavy atom. The van der Waals surface area contributed by atoms with Gasteiger partial charge in [0.15, 0.2) is 0 Å². The molecule has 0 spiro atoms. The predicted molar refractivity (Wildman–Crippen MR) is 82.9 cm³/mol. The number of phenolic OH excluding ortho intramolecular Hbond substituents is 1. The van der Waals surface area contributed by atoms with E-state index >= 15 is 0 Å². The molecule has 0 aromatic heterocycles. The number of phenols is 1. The zero-order chi connectivity index (χ0) is 14.7. The van der Waals surface area contributed by atoms with Crippen LogP contribution in [-0.2, 0) is 0 Å². The van der Waals surface area contributed by atoms with E-state index in [0.717, 1.165) is 10.0 Å². The molecule has 3 nitrogen and oxygen atoms in total. The molecule has 4 heteroatoms. The first-order valence-corrected chi connectivity index (χ1v) is 7.13. The smallest absolute Gasteiger partial charge is 0.255 e. The third-order valence-electron chi connectivity index (χ3n) is 3.20. The van der Waals surface area contributed by atoms with E-state index in [0.29, 0.717) is 11.1 Å². The van der Waals surface area contributed by atoms with Crippen molar-refractivity contribution >= 4 is 21.8 Å². The molecule has 20 heavy (non-hydrogen) atoms. The van der Waals surface area contributed by atoms with Crippen LogP contribution in [0.5, 0.6) is 5.75 Å². The summed E-state index contributed by atoms with van der Waals surface area (Å²) in [6.07, 6.45) is 0. The maximum Gasteiger partial charge on any atom is 0.255 e. The van der Waals surface area contributed by atoms with Gasteiger partial charge in [-0.05, 0) is 43.2 Å². The Kier molecular flexibility index (Phi) is 4.45. The highest BCUT2D eigenvalue weighted by Crippen LogP contribution is 2.23. The van der Waals surface area contributed by atoms with Crippen molar-refractivity contribution in [1.82, 2.24) is 5.32 Å². The topological polar surface area (TPSA) is 49.3 Å². The SMILES string of the molecule is Cc1cccc(C(=O)NC(C)c2ccc(Br)cc2)c1O. The molecular weight excluding hydrogens is 318 g/mol. The highest BCUT2D eigenvalue weighted by Gasteiger charge is 2.15. The number of carbonyl (C=O) groups is 1. The summed E-state index contributed by atoms with van der Waals surface area (Å²) in [6.45, 7) is 3.68. The monoisotopic (exact) mass is 333 g/mol. The largest absolute Gasteiger partial charge is 0.507 e. The van der Waals surface area contributed by atoms with E-state index in [-0.39, 0.29) is 17.7 Å². The highest BCUT2D eigenvalue weighted by atomic mass is 79.9. The third-order valence-corrected chi connectivity index (χ3v) is 3.73. The molecule has 0 bridgehead atoms. The Hall–Kier alpha value is -1.81. The second kappa shape index (κ2) is 6.09. The number of rotatable bonds is 3.